The van der Waals surface area contributed by atoms with E-state index in [9.17, 15) is 0 Å². The highest BCUT2D eigenvalue weighted by molar-refractivity contribution is 5.12. The molecule has 0 atom stereocenters. The molecule has 0 heterocycles. The van der Waals surface area contributed by atoms with Crippen LogP contribution in [0, 0.1) is 0 Å². The van der Waals surface area contributed by atoms with Crippen LogP contribution in [0.1, 0.15) is 6.42 Å². The van der Waals surface area contributed by atoms with Crippen LogP contribution < -0.4 is 5.32 Å². The molecule has 0 aliphatic heterocycles. The minimum Gasteiger partial charge on any atom is -0.385 e. The average Bonchev–Trinajstić information content (AvgIpc) is 1.31. The second-order valence-electron chi connectivity index (χ2n) is 1.28. The Morgan fingerprint density at radius 3 is 2.67 bits per heavy atom. The molecule has 0 unspecified atom stereocenters. The predicted molar refractivity (Wildman–Crippen MR) is 25.3 cm³/mol. The second-order valence-corrected chi connectivity index (χ2v) is 1.28. The van der Waals surface area contributed by atoms with Crippen LogP contribution in [0.25, 0.3) is 0 Å². The summed E-state index contributed by atoms with van der Waals surface area (Å²) < 4.78 is 0. The smallest absolute Gasteiger partial charge is 0.0576 e. The van der Waals surface area contributed by atoms with Crippen molar-refractivity contribution in [1.29, 1.82) is 0 Å². The molecule has 0 saturated heterocycles. The van der Waals surface area contributed by atoms with Crippen LogP contribution in [-0.2, 0) is 0 Å². The molecule has 1 N–H and O–H groups in total. The minimum atomic E-state index is 1.08. The van der Waals surface area contributed by atoms with Crippen molar-refractivity contribution < 1.29 is 0 Å². The summed E-state index contributed by atoms with van der Waals surface area (Å²) >= 11 is 0. The van der Waals surface area contributed by atoms with Gasteiger partial charge in [-0.25, -0.2) is 0 Å². The zero-order chi connectivity index (χ0) is 4.41. The maximum absolute atomic E-state index is 2.98. The first kappa shape index (κ1) is 3.51. The fraction of sp³-hybridized carbons (Fsp3) is 0.400. The van der Waals surface area contributed by atoms with E-state index in [1.54, 1.807) is 0 Å². The van der Waals surface area contributed by atoms with E-state index in [-0.39, 0.29) is 0 Å². The molecule has 0 amide bonds. The van der Waals surface area contributed by atoms with E-state index < -0.39 is 0 Å². The summed E-state index contributed by atoms with van der Waals surface area (Å²) in [6.07, 6.45) is 3.09. The third kappa shape index (κ3) is 0.333. The molecule has 0 aromatic rings. The van der Waals surface area contributed by atoms with E-state index in [0.717, 1.165) is 6.42 Å². The predicted octanol–water partition coefficient (Wildman–Crippen LogP) is 0.649. The Morgan fingerprint density at radius 2 is 2.67 bits per heavy atom. The largest absolute Gasteiger partial charge is 0.385 e. The van der Waals surface area contributed by atoms with Crippen molar-refractivity contribution in [1.82, 2.24) is 5.32 Å². The molecule has 1 aliphatic rings. The number of hydrogen-bond acceptors (Lipinski definition) is 1. The Kier molecular flexibility index (Phi) is 0.697. The summed E-state index contributed by atoms with van der Waals surface area (Å²) in [5.41, 5.74) is 4.19. The van der Waals surface area contributed by atoms with E-state index in [1.165, 1.54) is 5.70 Å². The van der Waals surface area contributed by atoms with E-state index in [2.05, 4.69) is 11.0 Å². The van der Waals surface area contributed by atoms with Crippen LogP contribution in [0.3, 0.4) is 0 Å². The van der Waals surface area contributed by atoms with Gasteiger partial charge in [0.05, 0.1) is 5.70 Å². The number of rotatable bonds is 1. The van der Waals surface area contributed by atoms with Gasteiger partial charge in [-0.1, -0.05) is 0 Å². The fourth-order valence-corrected chi connectivity index (χ4v) is 0.378. The summed E-state index contributed by atoms with van der Waals surface area (Å²) in [6.45, 7) is 0. The summed E-state index contributed by atoms with van der Waals surface area (Å²) in [5, 5.41) is 2.98. The molecule has 6 heavy (non-hydrogen) atoms. The standard InChI is InChI=1S/C5H7N/c1-6-5-3-2-4-5/h2,6H,3H2,1H3. The van der Waals surface area contributed by atoms with Crippen LogP contribution in [0.4, 0.5) is 0 Å². The monoisotopic (exact) mass is 81.1 g/mol. The Bertz CT molecular complexity index is 107. The van der Waals surface area contributed by atoms with Crippen molar-refractivity contribution in [3.05, 3.63) is 17.5 Å². The molecular weight excluding hydrogens is 74.1 g/mol. The van der Waals surface area contributed by atoms with Crippen molar-refractivity contribution in [2.45, 2.75) is 6.42 Å². The Labute approximate surface area is 37.4 Å². The average molecular weight is 81.1 g/mol. The van der Waals surface area contributed by atoms with Crippen LogP contribution in [-0.4, -0.2) is 7.05 Å². The topological polar surface area (TPSA) is 12.0 Å². The first-order valence-corrected chi connectivity index (χ1v) is 2.05. The molecule has 0 radical (unpaired) electrons. The zero-order valence-corrected chi connectivity index (χ0v) is 3.78. The SMILES string of the molecule is CNC1=C=CC1. The quantitative estimate of drug-likeness (QED) is 0.457. The Balaban J connectivity index is 2.54. The zero-order valence-electron chi connectivity index (χ0n) is 3.78. The van der Waals surface area contributed by atoms with E-state index in [4.69, 9.17) is 0 Å². The fourth-order valence-electron chi connectivity index (χ4n) is 0.378. The molecule has 1 aliphatic carbocycles. The van der Waals surface area contributed by atoms with Crippen LogP contribution >= 0.6 is 0 Å². The van der Waals surface area contributed by atoms with Gasteiger partial charge in [0.15, 0.2) is 0 Å². The highest BCUT2D eigenvalue weighted by Crippen LogP contribution is 2.02. The lowest BCUT2D eigenvalue weighted by Crippen LogP contribution is -2.06. The van der Waals surface area contributed by atoms with Gasteiger partial charge in [-0.2, -0.15) is 0 Å². The van der Waals surface area contributed by atoms with Crippen LogP contribution in [0.2, 0.25) is 0 Å². The second kappa shape index (κ2) is 1.19. The summed E-state index contributed by atoms with van der Waals surface area (Å²) in [6, 6.07) is 0. The number of hydrogen-bond donors (Lipinski definition) is 1. The maximum Gasteiger partial charge on any atom is 0.0576 e. The molecule has 0 saturated carbocycles. The van der Waals surface area contributed by atoms with Crippen LogP contribution in [0.5, 0.6) is 0 Å². The van der Waals surface area contributed by atoms with E-state index in [0.29, 0.717) is 0 Å². The molecule has 0 fully saturated rings. The lowest BCUT2D eigenvalue weighted by atomic mass is 10.2. The lowest BCUT2D eigenvalue weighted by Gasteiger charge is -2.02. The van der Waals surface area contributed by atoms with Crippen molar-refractivity contribution in [2.24, 2.45) is 0 Å². The lowest BCUT2D eigenvalue weighted by molar-refractivity contribution is 0.915. The van der Waals surface area contributed by atoms with E-state index in [1.807, 2.05) is 13.1 Å². The minimum absolute atomic E-state index is 1.08. The van der Waals surface area contributed by atoms with Gasteiger partial charge < -0.3 is 5.32 Å². The molecule has 32 valence electrons. The van der Waals surface area contributed by atoms with Crippen molar-refractivity contribution in [2.75, 3.05) is 7.05 Å². The molecule has 1 rings (SSSR count). The number of nitrogens with one attached hydrogen (secondary N) is 1. The molecular formula is C5H7N. The molecule has 0 bridgehead atoms. The van der Waals surface area contributed by atoms with Gasteiger partial charge in [-0.05, 0) is 6.08 Å². The molecule has 0 spiro atoms. The Hall–Kier alpha value is -0.680. The van der Waals surface area contributed by atoms with Crippen molar-refractivity contribution in [3.63, 3.8) is 0 Å². The summed E-state index contributed by atoms with van der Waals surface area (Å²) in [4.78, 5) is 0. The normalized spacial score (nSPS) is 15.8. The van der Waals surface area contributed by atoms with Crippen LogP contribution in [0.15, 0.2) is 17.5 Å². The van der Waals surface area contributed by atoms with Gasteiger partial charge >= 0.3 is 0 Å². The first-order chi connectivity index (χ1) is 2.93. The third-order valence-corrected chi connectivity index (χ3v) is 0.884. The highest BCUT2D eigenvalue weighted by Gasteiger charge is 1.92. The molecule has 1 heteroatoms. The van der Waals surface area contributed by atoms with Gasteiger partial charge in [-0.15, -0.1) is 5.73 Å². The van der Waals surface area contributed by atoms with Crippen molar-refractivity contribution >= 4 is 0 Å². The van der Waals surface area contributed by atoms with Gasteiger partial charge in [-0.3, -0.25) is 0 Å². The Morgan fingerprint density at radius 1 is 2.00 bits per heavy atom. The first-order valence-electron chi connectivity index (χ1n) is 2.05. The van der Waals surface area contributed by atoms with Gasteiger partial charge in [0, 0.05) is 13.5 Å². The van der Waals surface area contributed by atoms with Gasteiger partial charge in [0.25, 0.3) is 0 Å². The molecule has 1 nitrogen and oxygen atoms in total. The highest BCUT2D eigenvalue weighted by atomic mass is 14.8. The maximum atomic E-state index is 2.98. The summed E-state index contributed by atoms with van der Waals surface area (Å²) in [5.74, 6) is 0. The summed E-state index contributed by atoms with van der Waals surface area (Å²) in [7, 11) is 1.91. The third-order valence-electron chi connectivity index (χ3n) is 0.884. The molecule has 0 aromatic carbocycles. The van der Waals surface area contributed by atoms with Crippen molar-refractivity contribution in [3.8, 4) is 0 Å². The molecule has 0 aromatic heterocycles. The van der Waals surface area contributed by atoms with Gasteiger partial charge in [0.2, 0.25) is 0 Å². The van der Waals surface area contributed by atoms with E-state index >= 15 is 0 Å². The van der Waals surface area contributed by atoms with Gasteiger partial charge in [0.1, 0.15) is 0 Å².